The molecule has 2 aromatic carbocycles. The molecule has 0 unspecified atom stereocenters. The quantitative estimate of drug-likeness (QED) is 0.439. The average Bonchev–Trinajstić information content (AvgIpc) is 2.88. The first-order valence-electron chi connectivity index (χ1n) is 12.6. The van der Waals surface area contributed by atoms with Gasteiger partial charge < -0.3 is 20.4 Å². The largest absolute Gasteiger partial charge is 0.374 e. The van der Waals surface area contributed by atoms with E-state index in [9.17, 15) is 0 Å². The maximum atomic E-state index is 8.76. The minimum Gasteiger partial charge on any atom is -0.374 e. The SMILES string of the molecule is CN(C)c1nc(N[C@H]2CC[C@@H](CNCc3ccc(N(C)CCC#N)cc3)CC2)nc2ccccc12. The lowest BCUT2D eigenvalue weighted by Gasteiger charge is -2.29. The van der Waals surface area contributed by atoms with Gasteiger partial charge in [0.15, 0.2) is 0 Å². The topological polar surface area (TPSA) is 80.1 Å². The van der Waals surface area contributed by atoms with Gasteiger partial charge in [0, 0.05) is 51.3 Å². The van der Waals surface area contributed by atoms with Gasteiger partial charge in [-0.1, -0.05) is 24.3 Å². The molecule has 1 aliphatic carbocycles. The van der Waals surface area contributed by atoms with Crippen molar-refractivity contribution in [3.63, 3.8) is 0 Å². The van der Waals surface area contributed by atoms with Crippen LogP contribution in [0.2, 0.25) is 0 Å². The molecule has 0 radical (unpaired) electrons. The van der Waals surface area contributed by atoms with Gasteiger partial charge in [-0.25, -0.2) is 4.98 Å². The number of hydrogen-bond donors (Lipinski definition) is 2. The van der Waals surface area contributed by atoms with Gasteiger partial charge in [-0.15, -0.1) is 0 Å². The molecule has 1 heterocycles. The Hall–Kier alpha value is -3.37. The number of rotatable bonds is 10. The second-order valence-electron chi connectivity index (χ2n) is 9.77. The molecule has 0 spiro atoms. The fraction of sp³-hybridized carbons (Fsp3) is 0.464. The molecule has 7 nitrogen and oxygen atoms in total. The van der Waals surface area contributed by atoms with Crippen LogP contribution >= 0.6 is 0 Å². The smallest absolute Gasteiger partial charge is 0.225 e. The molecule has 3 aromatic rings. The predicted molar refractivity (Wildman–Crippen MR) is 145 cm³/mol. The minimum atomic E-state index is 0.424. The molecular formula is C28H37N7. The van der Waals surface area contributed by atoms with E-state index in [0.29, 0.717) is 18.4 Å². The highest BCUT2D eigenvalue weighted by Gasteiger charge is 2.22. The molecule has 0 aliphatic heterocycles. The van der Waals surface area contributed by atoms with E-state index in [1.54, 1.807) is 0 Å². The van der Waals surface area contributed by atoms with Crippen molar-refractivity contribution in [2.75, 3.05) is 49.3 Å². The Labute approximate surface area is 209 Å². The summed E-state index contributed by atoms with van der Waals surface area (Å²) in [5, 5.41) is 17.1. The monoisotopic (exact) mass is 471 g/mol. The minimum absolute atomic E-state index is 0.424. The van der Waals surface area contributed by atoms with Crippen LogP contribution in [0.4, 0.5) is 17.5 Å². The Kier molecular flexibility index (Phi) is 8.38. The number of nitriles is 1. The summed E-state index contributed by atoms with van der Waals surface area (Å²) in [5.41, 5.74) is 3.43. The summed E-state index contributed by atoms with van der Waals surface area (Å²) < 4.78 is 0. The van der Waals surface area contributed by atoms with E-state index in [1.165, 1.54) is 18.4 Å². The molecule has 2 N–H and O–H groups in total. The summed E-state index contributed by atoms with van der Waals surface area (Å²) >= 11 is 0. The van der Waals surface area contributed by atoms with Crippen LogP contribution in [0.15, 0.2) is 48.5 Å². The van der Waals surface area contributed by atoms with Crippen molar-refractivity contribution in [3.05, 3.63) is 54.1 Å². The highest BCUT2D eigenvalue weighted by molar-refractivity contribution is 5.90. The molecule has 1 aromatic heterocycles. The van der Waals surface area contributed by atoms with E-state index >= 15 is 0 Å². The van der Waals surface area contributed by atoms with Crippen molar-refractivity contribution in [2.24, 2.45) is 5.92 Å². The lowest BCUT2D eigenvalue weighted by molar-refractivity contribution is 0.324. The lowest BCUT2D eigenvalue weighted by atomic mass is 9.86. The Morgan fingerprint density at radius 2 is 1.71 bits per heavy atom. The van der Waals surface area contributed by atoms with Crippen LogP contribution in [-0.2, 0) is 6.54 Å². The molecule has 184 valence electrons. The van der Waals surface area contributed by atoms with Gasteiger partial charge in [0.25, 0.3) is 0 Å². The molecule has 0 saturated heterocycles. The number of fused-ring (bicyclic) bond motifs is 1. The first-order valence-corrected chi connectivity index (χ1v) is 12.6. The van der Waals surface area contributed by atoms with E-state index in [0.717, 1.165) is 60.8 Å². The number of para-hydroxylation sites is 1. The van der Waals surface area contributed by atoms with Gasteiger partial charge in [-0.05, 0) is 68.0 Å². The van der Waals surface area contributed by atoms with Crippen molar-refractivity contribution in [1.29, 1.82) is 5.26 Å². The molecule has 35 heavy (non-hydrogen) atoms. The Bertz CT molecular complexity index is 1130. The number of benzene rings is 2. The van der Waals surface area contributed by atoms with E-state index in [1.807, 2.05) is 33.3 Å². The Morgan fingerprint density at radius 3 is 2.43 bits per heavy atom. The molecule has 1 saturated carbocycles. The van der Waals surface area contributed by atoms with Crippen molar-refractivity contribution in [3.8, 4) is 6.07 Å². The number of aromatic nitrogens is 2. The Balaban J connectivity index is 1.22. The normalized spacial score (nSPS) is 17.7. The third-order valence-electron chi connectivity index (χ3n) is 6.88. The molecule has 0 atom stereocenters. The Morgan fingerprint density at radius 1 is 0.971 bits per heavy atom. The summed E-state index contributed by atoms with van der Waals surface area (Å²) in [4.78, 5) is 13.7. The summed E-state index contributed by atoms with van der Waals surface area (Å²) in [7, 11) is 6.09. The fourth-order valence-electron chi connectivity index (χ4n) is 4.79. The summed E-state index contributed by atoms with van der Waals surface area (Å²) in [6.07, 6.45) is 5.25. The number of nitrogens with zero attached hydrogens (tertiary/aromatic N) is 5. The van der Waals surface area contributed by atoms with E-state index in [4.69, 9.17) is 15.2 Å². The standard InChI is InChI=1S/C28H37N7/c1-34(2)27-25-7-4-5-8-26(25)32-28(33-27)31-23-13-9-21(10-14-23)19-30-20-22-11-15-24(16-12-22)35(3)18-6-17-29/h4-5,7-8,11-12,15-16,21,23,30H,6,9-10,13-14,18-20H2,1-3H3,(H,31,32,33)/t21-,23+. The zero-order valence-electron chi connectivity index (χ0n) is 21.2. The molecule has 0 amide bonds. The van der Waals surface area contributed by atoms with Crippen molar-refractivity contribution in [2.45, 2.75) is 44.7 Å². The zero-order chi connectivity index (χ0) is 24.6. The van der Waals surface area contributed by atoms with Crippen molar-refractivity contribution >= 4 is 28.4 Å². The molecule has 7 heteroatoms. The van der Waals surface area contributed by atoms with Gasteiger partial charge in [-0.3, -0.25) is 0 Å². The van der Waals surface area contributed by atoms with Crippen LogP contribution in [-0.4, -0.2) is 50.2 Å². The van der Waals surface area contributed by atoms with Crippen LogP contribution in [0.5, 0.6) is 0 Å². The van der Waals surface area contributed by atoms with Crippen LogP contribution in [0.1, 0.15) is 37.7 Å². The second kappa shape index (κ2) is 11.9. The number of nitrogens with one attached hydrogen (secondary N) is 2. The van der Waals surface area contributed by atoms with Crippen molar-refractivity contribution in [1.82, 2.24) is 15.3 Å². The van der Waals surface area contributed by atoms with Crippen LogP contribution in [0.25, 0.3) is 10.9 Å². The van der Waals surface area contributed by atoms with E-state index < -0.39 is 0 Å². The first-order chi connectivity index (χ1) is 17.0. The van der Waals surface area contributed by atoms with Crippen LogP contribution < -0.4 is 20.4 Å². The summed E-state index contributed by atoms with van der Waals surface area (Å²) in [5.74, 6) is 2.40. The van der Waals surface area contributed by atoms with E-state index in [-0.39, 0.29) is 0 Å². The van der Waals surface area contributed by atoms with Gasteiger partial charge in [0.05, 0.1) is 18.0 Å². The van der Waals surface area contributed by atoms with Gasteiger partial charge >= 0.3 is 0 Å². The number of hydrogen-bond acceptors (Lipinski definition) is 7. The highest BCUT2D eigenvalue weighted by atomic mass is 15.2. The van der Waals surface area contributed by atoms with Crippen LogP contribution in [0, 0.1) is 17.2 Å². The lowest BCUT2D eigenvalue weighted by Crippen LogP contribution is -2.31. The second-order valence-corrected chi connectivity index (χ2v) is 9.77. The third kappa shape index (κ3) is 6.61. The predicted octanol–water partition coefficient (Wildman–Crippen LogP) is 4.81. The maximum absolute atomic E-state index is 8.76. The van der Waals surface area contributed by atoms with Gasteiger partial charge in [0.2, 0.25) is 5.95 Å². The fourth-order valence-corrected chi connectivity index (χ4v) is 4.79. The first kappa shape index (κ1) is 24.7. The van der Waals surface area contributed by atoms with Gasteiger partial charge in [-0.2, -0.15) is 10.2 Å². The zero-order valence-corrected chi connectivity index (χ0v) is 21.2. The molecular weight excluding hydrogens is 434 g/mol. The van der Waals surface area contributed by atoms with Crippen molar-refractivity contribution < 1.29 is 0 Å². The van der Waals surface area contributed by atoms with Gasteiger partial charge in [0.1, 0.15) is 5.82 Å². The highest BCUT2D eigenvalue weighted by Crippen LogP contribution is 2.28. The maximum Gasteiger partial charge on any atom is 0.225 e. The summed E-state index contributed by atoms with van der Waals surface area (Å²) in [6.45, 7) is 2.70. The number of anilines is 3. The molecule has 1 fully saturated rings. The molecule has 4 rings (SSSR count). The van der Waals surface area contributed by atoms with Crippen LogP contribution in [0.3, 0.4) is 0 Å². The molecule has 1 aliphatic rings. The van der Waals surface area contributed by atoms with E-state index in [2.05, 4.69) is 62.9 Å². The third-order valence-corrected chi connectivity index (χ3v) is 6.88. The summed E-state index contributed by atoms with van der Waals surface area (Å²) in [6, 6.07) is 19.5. The average molecular weight is 472 g/mol. The molecule has 0 bridgehead atoms.